The highest BCUT2D eigenvalue weighted by atomic mass is 35.5. The summed E-state index contributed by atoms with van der Waals surface area (Å²) in [4.78, 5) is 10.8. The van der Waals surface area contributed by atoms with Gasteiger partial charge < -0.3 is 0 Å². The molecule has 0 atom stereocenters. The van der Waals surface area contributed by atoms with Crippen LogP contribution in [0.3, 0.4) is 0 Å². The summed E-state index contributed by atoms with van der Waals surface area (Å²) in [6.45, 7) is 1.82. The minimum absolute atomic E-state index is 0.0778. The molecule has 0 heterocycles. The molecule has 0 fully saturated rings. The summed E-state index contributed by atoms with van der Waals surface area (Å²) in [5.41, 5.74) is 4.08. The highest BCUT2D eigenvalue weighted by Gasteiger charge is 1.97. The molecule has 3 nitrogen and oxygen atoms in total. The van der Waals surface area contributed by atoms with Crippen molar-refractivity contribution >= 4 is 23.2 Å². The maximum Gasteiger partial charge on any atom is 0.254 e. The number of nitrogens with one attached hydrogen (secondary N) is 1. The molecule has 74 valence electrons. The number of benzene rings is 1. The topological polar surface area (TPSA) is 41.5 Å². The van der Waals surface area contributed by atoms with Crippen LogP contribution in [0.4, 0.5) is 0 Å². The molecule has 1 aromatic rings. The number of alkyl halides is 1. The van der Waals surface area contributed by atoms with Crippen LogP contribution in [0.2, 0.25) is 0 Å². The molecule has 0 aliphatic heterocycles. The van der Waals surface area contributed by atoms with Crippen LogP contribution in [0.1, 0.15) is 12.5 Å². The van der Waals surface area contributed by atoms with E-state index in [1.165, 1.54) is 0 Å². The third-order valence-corrected chi connectivity index (χ3v) is 1.90. The van der Waals surface area contributed by atoms with Gasteiger partial charge in [0.25, 0.3) is 5.91 Å². The van der Waals surface area contributed by atoms with Crippen molar-refractivity contribution in [1.29, 1.82) is 0 Å². The number of carbonyl (C=O) groups is 1. The molecule has 0 aliphatic carbocycles. The molecular weight excluding hydrogens is 200 g/mol. The molecule has 0 bridgehead atoms. The Morgan fingerprint density at radius 2 is 2.07 bits per heavy atom. The van der Waals surface area contributed by atoms with Gasteiger partial charge in [-0.15, -0.1) is 11.6 Å². The Morgan fingerprint density at radius 3 is 2.64 bits per heavy atom. The molecule has 0 aromatic heterocycles. The van der Waals surface area contributed by atoms with E-state index in [9.17, 15) is 4.79 Å². The Morgan fingerprint density at radius 1 is 1.43 bits per heavy atom. The van der Waals surface area contributed by atoms with Crippen molar-refractivity contribution in [1.82, 2.24) is 5.43 Å². The summed E-state index contributed by atoms with van der Waals surface area (Å²) in [6, 6.07) is 9.60. The summed E-state index contributed by atoms with van der Waals surface area (Å²) in [5.74, 6) is -0.382. The van der Waals surface area contributed by atoms with Crippen LogP contribution in [0.5, 0.6) is 0 Å². The zero-order chi connectivity index (χ0) is 10.4. The smallest absolute Gasteiger partial charge is 0.254 e. The third-order valence-electron chi connectivity index (χ3n) is 1.66. The number of halogens is 1. The van der Waals surface area contributed by atoms with Gasteiger partial charge in [-0.2, -0.15) is 5.10 Å². The van der Waals surface area contributed by atoms with Gasteiger partial charge in [-0.3, -0.25) is 4.79 Å². The molecule has 4 heteroatoms. The fourth-order valence-corrected chi connectivity index (χ4v) is 0.980. The number of hydrogen-bond acceptors (Lipinski definition) is 2. The Hall–Kier alpha value is -1.35. The lowest BCUT2D eigenvalue weighted by atomic mass is 10.1. The van der Waals surface area contributed by atoms with Crippen LogP contribution >= 0.6 is 11.6 Å². The lowest BCUT2D eigenvalue weighted by Gasteiger charge is -2.00. The zero-order valence-corrected chi connectivity index (χ0v) is 8.58. The van der Waals surface area contributed by atoms with Crippen molar-refractivity contribution in [3.63, 3.8) is 0 Å². The first-order valence-electron chi connectivity index (χ1n) is 4.18. The Bertz CT molecular complexity index is 335. The number of hydrazone groups is 1. The summed E-state index contributed by atoms with van der Waals surface area (Å²) < 4.78 is 0. The van der Waals surface area contributed by atoms with Gasteiger partial charge >= 0.3 is 0 Å². The molecule has 0 unspecified atom stereocenters. The van der Waals surface area contributed by atoms with Crippen molar-refractivity contribution < 1.29 is 4.79 Å². The predicted molar refractivity (Wildman–Crippen MR) is 57.5 cm³/mol. The number of amides is 1. The van der Waals surface area contributed by atoms with Gasteiger partial charge in [0.05, 0.1) is 5.71 Å². The van der Waals surface area contributed by atoms with E-state index < -0.39 is 0 Å². The van der Waals surface area contributed by atoms with Gasteiger partial charge in [0.2, 0.25) is 0 Å². The number of nitrogens with zero attached hydrogens (tertiary/aromatic N) is 1. The highest BCUT2D eigenvalue weighted by Crippen LogP contribution is 1.99. The monoisotopic (exact) mass is 210 g/mol. The average molecular weight is 211 g/mol. The van der Waals surface area contributed by atoms with E-state index >= 15 is 0 Å². The van der Waals surface area contributed by atoms with Crippen LogP contribution in [0.15, 0.2) is 35.4 Å². The lowest BCUT2D eigenvalue weighted by molar-refractivity contribution is -0.118. The Balaban J connectivity index is 2.66. The van der Waals surface area contributed by atoms with Gasteiger partial charge in [0, 0.05) is 0 Å². The summed E-state index contributed by atoms with van der Waals surface area (Å²) in [6.07, 6.45) is 0. The second-order valence-corrected chi connectivity index (χ2v) is 3.00. The zero-order valence-electron chi connectivity index (χ0n) is 7.83. The van der Waals surface area contributed by atoms with Crippen LogP contribution < -0.4 is 5.43 Å². The number of rotatable bonds is 3. The molecule has 0 saturated carbocycles. The first-order chi connectivity index (χ1) is 6.74. The van der Waals surface area contributed by atoms with Crippen LogP contribution in [0.25, 0.3) is 0 Å². The van der Waals surface area contributed by atoms with E-state index in [0.29, 0.717) is 0 Å². The van der Waals surface area contributed by atoms with Crippen molar-refractivity contribution in [2.45, 2.75) is 6.92 Å². The van der Waals surface area contributed by atoms with Gasteiger partial charge in [0.15, 0.2) is 0 Å². The van der Waals surface area contributed by atoms with Gasteiger partial charge in [0.1, 0.15) is 5.88 Å². The maximum atomic E-state index is 10.8. The normalized spacial score (nSPS) is 11.1. The average Bonchev–Trinajstić information content (AvgIpc) is 2.26. The van der Waals surface area contributed by atoms with Gasteiger partial charge in [-0.05, 0) is 12.5 Å². The minimum Gasteiger partial charge on any atom is -0.272 e. The molecule has 0 saturated heterocycles. The van der Waals surface area contributed by atoms with Crippen molar-refractivity contribution in [3.05, 3.63) is 35.9 Å². The molecule has 0 spiro atoms. The summed E-state index contributed by atoms with van der Waals surface area (Å²) in [5, 5.41) is 3.90. The van der Waals surface area contributed by atoms with E-state index in [2.05, 4.69) is 10.5 Å². The molecule has 1 aromatic carbocycles. The maximum absolute atomic E-state index is 10.8. The van der Waals surface area contributed by atoms with Crippen LogP contribution in [0, 0.1) is 0 Å². The largest absolute Gasteiger partial charge is 0.272 e. The Labute approximate surface area is 87.8 Å². The summed E-state index contributed by atoms with van der Waals surface area (Å²) >= 11 is 5.30. The fraction of sp³-hybridized carbons (Fsp3) is 0.200. The molecule has 0 radical (unpaired) electrons. The molecule has 1 amide bonds. The van der Waals surface area contributed by atoms with E-state index in [1.54, 1.807) is 0 Å². The van der Waals surface area contributed by atoms with Crippen LogP contribution in [-0.2, 0) is 4.79 Å². The van der Waals surface area contributed by atoms with E-state index in [1.807, 2.05) is 37.3 Å². The van der Waals surface area contributed by atoms with Gasteiger partial charge in [-0.25, -0.2) is 5.43 Å². The minimum atomic E-state index is -0.304. The molecule has 1 N–H and O–H groups in total. The van der Waals surface area contributed by atoms with E-state index in [-0.39, 0.29) is 11.8 Å². The fourth-order valence-electron chi connectivity index (χ4n) is 0.920. The van der Waals surface area contributed by atoms with E-state index in [4.69, 9.17) is 11.6 Å². The third kappa shape index (κ3) is 3.18. The SMILES string of the molecule is C/C(=N\NC(=O)CCl)c1ccccc1. The quantitative estimate of drug-likeness (QED) is 0.461. The number of carbonyl (C=O) groups excluding carboxylic acids is 1. The second kappa shape index (κ2) is 5.40. The van der Waals surface area contributed by atoms with Crippen molar-refractivity contribution in [3.8, 4) is 0 Å². The lowest BCUT2D eigenvalue weighted by Crippen LogP contribution is -2.20. The number of hydrogen-bond donors (Lipinski definition) is 1. The molecule has 0 aliphatic rings. The Kier molecular flexibility index (Phi) is 4.13. The molecule has 1 rings (SSSR count). The summed E-state index contributed by atoms with van der Waals surface area (Å²) in [7, 11) is 0. The highest BCUT2D eigenvalue weighted by molar-refractivity contribution is 6.27. The standard InChI is InChI=1S/C10H11ClN2O/c1-8(12-13-10(14)7-11)9-5-3-2-4-6-9/h2-6H,7H2,1H3,(H,13,14)/b12-8+. The first-order valence-corrected chi connectivity index (χ1v) is 4.72. The van der Waals surface area contributed by atoms with Gasteiger partial charge in [-0.1, -0.05) is 30.3 Å². The predicted octanol–water partition coefficient (Wildman–Crippen LogP) is 1.77. The molecule has 14 heavy (non-hydrogen) atoms. The van der Waals surface area contributed by atoms with Crippen molar-refractivity contribution in [2.75, 3.05) is 5.88 Å². The van der Waals surface area contributed by atoms with Crippen molar-refractivity contribution in [2.24, 2.45) is 5.10 Å². The van der Waals surface area contributed by atoms with Crippen LogP contribution in [-0.4, -0.2) is 17.5 Å². The van der Waals surface area contributed by atoms with E-state index in [0.717, 1.165) is 11.3 Å². The first kappa shape index (κ1) is 10.7. The molecular formula is C10H11ClN2O. The second-order valence-electron chi connectivity index (χ2n) is 2.73.